The van der Waals surface area contributed by atoms with Gasteiger partial charge in [-0.3, -0.25) is 27.1 Å². The minimum Gasteiger partial charge on any atom is -0.542 e. The van der Waals surface area contributed by atoms with E-state index in [4.69, 9.17) is 46.8 Å². The molecular weight excluding hydrogens is 706 g/mol. The largest absolute Gasteiger partial charge is 0.542 e. The number of aliphatic carboxylic acids is 2. The highest BCUT2D eigenvalue weighted by Gasteiger charge is 2.29. The van der Waals surface area contributed by atoms with Gasteiger partial charge in [0.05, 0.1) is 29.2 Å². The SMILES string of the molecule is NC(=[NH2+])c1ccc(CNC(=O)[C@@H](COCc2ccccc2)NS(=O)(=O)c2ccc(C(N)=[NH2+])cc2)cc1.O=C([O-])C(F)(F)F.O=C([O-])C(F)(F)F. The average molecular weight is 737 g/mol. The number of benzene rings is 3. The molecule has 0 radical (unpaired) electrons. The summed E-state index contributed by atoms with van der Waals surface area (Å²) in [6.07, 6.45) is -10.4. The van der Waals surface area contributed by atoms with E-state index in [-0.39, 0.29) is 36.3 Å². The number of sulfonamides is 1. The number of rotatable bonds is 12. The molecule has 0 unspecified atom stereocenters. The predicted octanol–water partition coefficient (Wildman–Crippen LogP) is -3.61. The fraction of sp³-hybridized carbons (Fsp3) is 0.207. The van der Waals surface area contributed by atoms with E-state index in [1.54, 1.807) is 24.3 Å². The molecule has 0 aliphatic carbocycles. The van der Waals surface area contributed by atoms with Crippen molar-refractivity contribution in [3.8, 4) is 0 Å². The summed E-state index contributed by atoms with van der Waals surface area (Å²) in [5, 5.41) is 31.4. The number of amides is 1. The van der Waals surface area contributed by atoms with E-state index in [9.17, 15) is 39.6 Å². The molecule has 0 heterocycles. The van der Waals surface area contributed by atoms with Crippen LogP contribution in [0.2, 0.25) is 0 Å². The van der Waals surface area contributed by atoms with Crippen molar-refractivity contribution in [2.75, 3.05) is 6.61 Å². The van der Waals surface area contributed by atoms with E-state index in [1.807, 2.05) is 30.3 Å². The van der Waals surface area contributed by atoms with Crippen molar-refractivity contribution < 1.29 is 74.9 Å². The van der Waals surface area contributed by atoms with Crippen LogP contribution >= 0.6 is 0 Å². The van der Waals surface area contributed by atoms with Crippen LogP contribution in [0.3, 0.4) is 0 Å². The van der Waals surface area contributed by atoms with Crippen molar-refractivity contribution in [3.05, 3.63) is 101 Å². The van der Waals surface area contributed by atoms with Crippen molar-refractivity contribution in [1.29, 1.82) is 0 Å². The molecule has 50 heavy (non-hydrogen) atoms. The Kier molecular flexibility index (Phi) is 16.0. The Morgan fingerprint density at radius 3 is 1.56 bits per heavy atom. The summed E-state index contributed by atoms with van der Waals surface area (Å²) in [5.41, 5.74) is 14.0. The molecule has 0 aliphatic heterocycles. The number of halogens is 6. The van der Waals surface area contributed by atoms with E-state index in [2.05, 4.69) is 10.0 Å². The molecule has 21 heteroatoms. The maximum Gasteiger partial charge on any atom is 0.430 e. The second-order valence-corrected chi connectivity index (χ2v) is 11.3. The first kappa shape index (κ1) is 42.5. The van der Waals surface area contributed by atoms with Gasteiger partial charge in [-0.15, -0.1) is 0 Å². The summed E-state index contributed by atoms with van der Waals surface area (Å²) >= 11 is 0. The Labute approximate surface area is 280 Å². The second-order valence-electron chi connectivity index (χ2n) is 9.59. The van der Waals surface area contributed by atoms with E-state index in [0.717, 1.165) is 11.1 Å². The van der Waals surface area contributed by atoms with Crippen LogP contribution in [0.1, 0.15) is 22.3 Å². The molecule has 0 spiro atoms. The lowest BCUT2D eigenvalue weighted by atomic mass is 10.1. The summed E-state index contributed by atoms with van der Waals surface area (Å²) in [7, 11) is -4.05. The van der Waals surface area contributed by atoms with Gasteiger partial charge >= 0.3 is 12.4 Å². The van der Waals surface area contributed by atoms with Gasteiger partial charge in [0.2, 0.25) is 15.9 Å². The number of amidine groups is 2. The zero-order valence-corrected chi connectivity index (χ0v) is 26.3. The number of nitrogens with one attached hydrogen (secondary N) is 2. The Bertz CT molecular complexity index is 1700. The van der Waals surface area contributed by atoms with E-state index >= 15 is 0 Å². The molecule has 0 aliphatic rings. The molecule has 10 N–H and O–H groups in total. The highest BCUT2D eigenvalue weighted by molar-refractivity contribution is 7.89. The summed E-state index contributed by atoms with van der Waals surface area (Å²) in [6, 6.07) is 20.8. The molecule has 0 aromatic heterocycles. The summed E-state index contributed by atoms with van der Waals surface area (Å²) < 4.78 is 97.2. The van der Waals surface area contributed by atoms with Crippen LogP contribution in [-0.4, -0.2) is 62.9 Å². The zero-order chi connectivity index (χ0) is 38.3. The quantitative estimate of drug-likeness (QED) is 0.0604. The van der Waals surface area contributed by atoms with Crippen molar-refractivity contribution >= 4 is 39.5 Å². The average Bonchev–Trinajstić information content (AvgIpc) is 3.03. The highest BCUT2D eigenvalue weighted by Crippen LogP contribution is 2.13. The molecular formula is C29H30F6N6O8S. The van der Waals surface area contributed by atoms with E-state index in [0.29, 0.717) is 11.1 Å². The number of hydrogen-bond acceptors (Lipinski definition) is 8. The van der Waals surface area contributed by atoms with E-state index < -0.39 is 46.3 Å². The van der Waals surface area contributed by atoms with Gasteiger partial charge in [-0.05, 0) is 47.5 Å². The third-order valence-corrected chi connectivity index (χ3v) is 7.21. The molecule has 1 atom stereocenters. The molecule has 272 valence electrons. The number of ether oxygens (including phenoxy) is 1. The van der Waals surface area contributed by atoms with Gasteiger partial charge in [0.1, 0.15) is 18.0 Å². The molecule has 3 rings (SSSR count). The number of carbonyl (C=O) groups excluding carboxylic acids is 3. The van der Waals surface area contributed by atoms with Crippen LogP contribution in [0.5, 0.6) is 0 Å². The molecule has 0 fully saturated rings. The van der Waals surface area contributed by atoms with Crippen molar-refractivity contribution in [2.24, 2.45) is 11.5 Å². The Hall–Kier alpha value is -5.54. The Morgan fingerprint density at radius 1 is 0.740 bits per heavy atom. The molecule has 14 nitrogen and oxygen atoms in total. The lowest BCUT2D eigenvalue weighted by Crippen LogP contribution is -2.49. The van der Waals surface area contributed by atoms with Crippen LogP contribution in [0.15, 0.2) is 83.8 Å². The fourth-order valence-corrected chi connectivity index (χ4v) is 4.42. The van der Waals surface area contributed by atoms with Crippen molar-refractivity contribution in [1.82, 2.24) is 10.0 Å². The maximum absolute atomic E-state index is 13.0. The number of alkyl halides is 6. The first-order valence-corrected chi connectivity index (χ1v) is 15.0. The van der Waals surface area contributed by atoms with Gasteiger partial charge in [-0.25, -0.2) is 8.42 Å². The standard InChI is InChI=1S/C25H28N6O4S.2C2HF3O2/c26-23(27)19-8-6-17(7-9-19)14-30-25(32)22(16-35-15-18-4-2-1-3-5-18)31-36(33,34)21-12-10-20(11-13-21)24(28)29;2*3-2(4,5)1(6)7/h1-13,22,31H,14-16H2,(H3,26,27)(H3,28,29)(H,30,32);2*(H,6,7)/t22-;;/m1../s1. The summed E-state index contributed by atoms with van der Waals surface area (Å²) in [6.45, 7) is 0.200. The van der Waals surface area contributed by atoms with Gasteiger partial charge in [-0.1, -0.05) is 42.5 Å². The van der Waals surface area contributed by atoms with Crippen LogP contribution in [0.25, 0.3) is 0 Å². The topological polar surface area (TPSA) is 268 Å². The lowest BCUT2D eigenvalue weighted by Gasteiger charge is -2.19. The normalized spacial score (nSPS) is 11.8. The van der Waals surface area contributed by atoms with Gasteiger partial charge in [0.15, 0.2) is 0 Å². The smallest absolute Gasteiger partial charge is 0.430 e. The number of carboxylic acid groups (broad SMARTS) is 2. The second kappa shape index (κ2) is 18.9. The number of nitrogens with two attached hydrogens (primary N) is 4. The van der Waals surface area contributed by atoms with Crippen LogP contribution in [0, 0.1) is 0 Å². The van der Waals surface area contributed by atoms with Crippen LogP contribution < -0.4 is 42.5 Å². The third-order valence-electron chi connectivity index (χ3n) is 5.72. The van der Waals surface area contributed by atoms with Crippen LogP contribution in [-0.2, 0) is 42.3 Å². The molecule has 3 aromatic carbocycles. The maximum atomic E-state index is 13.0. The monoisotopic (exact) mass is 736 g/mol. The molecule has 1 amide bonds. The first-order valence-electron chi connectivity index (χ1n) is 13.5. The summed E-state index contributed by atoms with van der Waals surface area (Å²) in [5.74, 6) is -6.30. The fourth-order valence-electron chi connectivity index (χ4n) is 3.24. The van der Waals surface area contributed by atoms with Crippen molar-refractivity contribution in [3.63, 3.8) is 0 Å². The van der Waals surface area contributed by atoms with Crippen molar-refractivity contribution in [2.45, 2.75) is 36.4 Å². The molecule has 0 saturated carbocycles. The first-order chi connectivity index (χ1) is 23.0. The zero-order valence-electron chi connectivity index (χ0n) is 25.5. The van der Waals surface area contributed by atoms with Crippen LogP contribution in [0.4, 0.5) is 26.3 Å². The predicted molar refractivity (Wildman–Crippen MR) is 158 cm³/mol. The van der Waals surface area contributed by atoms with Gasteiger partial charge in [0, 0.05) is 6.54 Å². The van der Waals surface area contributed by atoms with Gasteiger partial charge < -0.3 is 29.9 Å². The highest BCUT2D eigenvalue weighted by atomic mass is 32.2. The molecule has 3 aromatic rings. The number of carbonyl (C=O) groups is 3. The molecule has 0 bridgehead atoms. The molecule has 0 saturated heterocycles. The minimum absolute atomic E-state index is 0.0421. The third kappa shape index (κ3) is 15.6. The number of hydrogen-bond donors (Lipinski definition) is 6. The Balaban J connectivity index is 0.000000748. The van der Waals surface area contributed by atoms with Gasteiger partial charge in [-0.2, -0.15) is 31.1 Å². The lowest BCUT2D eigenvalue weighted by molar-refractivity contribution is -0.344. The van der Waals surface area contributed by atoms with E-state index in [1.165, 1.54) is 24.3 Å². The minimum atomic E-state index is -5.19. The van der Waals surface area contributed by atoms with Gasteiger partial charge in [0.25, 0.3) is 11.7 Å². The number of carboxylic acids is 2. The summed E-state index contributed by atoms with van der Waals surface area (Å²) in [4.78, 5) is 30.5. The Morgan fingerprint density at radius 2 is 1.16 bits per heavy atom.